The number of rotatable bonds is 3. The number of hydrogen-bond donors (Lipinski definition) is 0. The summed E-state index contributed by atoms with van der Waals surface area (Å²) in [5, 5.41) is 0. The predicted molar refractivity (Wildman–Crippen MR) is 79.0 cm³/mol. The highest BCUT2D eigenvalue weighted by molar-refractivity contribution is 5.79. The van der Waals surface area contributed by atoms with Crippen molar-refractivity contribution >= 4 is 5.91 Å². The monoisotopic (exact) mass is 266 g/mol. The van der Waals surface area contributed by atoms with Crippen LogP contribution in [0.15, 0.2) is 0 Å². The van der Waals surface area contributed by atoms with E-state index in [9.17, 15) is 4.79 Å². The maximum atomic E-state index is 12.5. The Morgan fingerprint density at radius 1 is 1.00 bits per heavy atom. The standard InChI is InChI=1S/C16H30N2O/c1-12(2)14-5-8-17(9-6-14)16(19)15-7-10-18(11-15)13(3)4/h12-15H,5-11H2,1-4H3/t15-/m1/s1. The van der Waals surface area contributed by atoms with Crippen molar-refractivity contribution in [2.24, 2.45) is 17.8 Å². The molecule has 2 aliphatic heterocycles. The smallest absolute Gasteiger partial charge is 0.227 e. The lowest BCUT2D eigenvalue weighted by Gasteiger charge is -2.35. The van der Waals surface area contributed by atoms with E-state index in [0.29, 0.717) is 11.9 Å². The van der Waals surface area contributed by atoms with Crippen molar-refractivity contribution in [2.75, 3.05) is 26.2 Å². The molecule has 1 amide bonds. The van der Waals surface area contributed by atoms with Gasteiger partial charge >= 0.3 is 0 Å². The van der Waals surface area contributed by atoms with Crippen LogP contribution in [0.2, 0.25) is 0 Å². The van der Waals surface area contributed by atoms with E-state index >= 15 is 0 Å². The summed E-state index contributed by atoms with van der Waals surface area (Å²) in [6.45, 7) is 13.1. The molecular weight excluding hydrogens is 236 g/mol. The summed E-state index contributed by atoms with van der Waals surface area (Å²) in [7, 11) is 0. The van der Waals surface area contributed by atoms with Crippen LogP contribution in [0.5, 0.6) is 0 Å². The van der Waals surface area contributed by atoms with E-state index in [1.54, 1.807) is 0 Å². The lowest BCUT2D eigenvalue weighted by Crippen LogP contribution is -2.43. The third-order valence-corrected chi connectivity index (χ3v) is 5.09. The van der Waals surface area contributed by atoms with Gasteiger partial charge in [-0.15, -0.1) is 0 Å². The number of piperidine rings is 1. The molecule has 0 N–H and O–H groups in total. The van der Waals surface area contributed by atoms with Gasteiger partial charge in [-0.3, -0.25) is 4.79 Å². The molecule has 0 saturated carbocycles. The number of carbonyl (C=O) groups is 1. The second kappa shape index (κ2) is 6.25. The zero-order chi connectivity index (χ0) is 14.0. The van der Waals surface area contributed by atoms with E-state index in [4.69, 9.17) is 0 Å². The Labute approximate surface area is 118 Å². The molecule has 110 valence electrons. The van der Waals surface area contributed by atoms with Gasteiger partial charge in [0.15, 0.2) is 0 Å². The summed E-state index contributed by atoms with van der Waals surface area (Å²) >= 11 is 0. The zero-order valence-electron chi connectivity index (χ0n) is 13.1. The van der Waals surface area contributed by atoms with Crippen molar-refractivity contribution < 1.29 is 4.79 Å². The van der Waals surface area contributed by atoms with E-state index in [1.807, 2.05) is 0 Å². The molecule has 0 aromatic carbocycles. The first-order chi connectivity index (χ1) is 8.99. The molecule has 0 aromatic heterocycles. The van der Waals surface area contributed by atoms with Crippen molar-refractivity contribution in [3.63, 3.8) is 0 Å². The van der Waals surface area contributed by atoms with Crippen LogP contribution in [0.1, 0.15) is 47.0 Å². The van der Waals surface area contributed by atoms with Gasteiger partial charge in [0.1, 0.15) is 0 Å². The molecule has 2 heterocycles. The molecule has 0 bridgehead atoms. The average Bonchev–Trinajstić information content (AvgIpc) is 2.87. The molecule has 2 aliphatic rings. The lowest BCUT2D eigenvalue weighted by molar-refractivity contribution is -0.136. The quantitative estimate of drug-likeness (QED) is 0.784. The molecule has 3 heteroatoms. The van der Waals surface area contributed by atoms with E-state index in [0.717, 1.165) is 44.4 Å². The maximum absolute atomic E-state index is 12.5. The summed E-state index contributed by atoms with van der Waals surface area (Å²) in [4.78, 5) is 17.1. The van der Waals surface area contributed by atoms with E-state index in [-0.39, 0.29) is 5.92 Å². The lowest BCUT2D eigenvalue weighted by atomic mass is 9.86. The Morgan fingerprint density at radius 2 is 1.63 bits per heavy atom. The molecule has 3 nitrogen and oxygen atoms in total. The fourth-order valence-electron chi connectivity index (χ4n) is 3.50. The molecule has 2 fully saturated rings. The molecule has 0 aromatic rings. The van der Waals surface area contributed by atoms with Crippen LogP contribution in [-0.2, 0) is 4.79 Å². The second-order valence-electron chi connectivity index (χ2n) is 6.98. The minimum Gasteiger partial charge on any atom is -0.342 e. The second-order valence-corrected chi connectivity index (χ2v) is 6.98. The first-order valence-corrected chi connectivity index (χ1v) is 8.02. The Hall–Kier alpha value is -0.570. The fourth-order valence-corrected chi connectivity index (χ4v) is 3.50. The summed E-state index contributed by atoms with van der Waals surface area (Å²) in [5.74, 6) is 2.27. The van der Waals surface area contributed by atoms with Gasteiger partial charge in [0.2, 0.25) is 5.91 Å². The molecule has 0 aliphatic carbocycles. The Bertz CT molecular complexity index is 306. The first-order valence-electron chi connectivity index (χ1n) is 8.02. The van der Waals surface area contributed by atoms with Gasteiger partial charge in [-0.2, -0.15) is 0 Å². The molecule has 0 radical (unpaired) electrons. The van der Waals surface area contributed by atoms with Gasteiger partial charge in [-0.05, 0) is 51.5 Å². The van der Waals surface area contributed by atoms with Gasteiger partial charge in [0.05, 0.1) is 5.92 Å². The summed E-state index contributed by atoms with van der Waals surface area (Å²) < 4.78 is 0. The van der Waals surface area contributed by atoms with Gasteiger partial charge in [-0.1, -0.05) is 13.8 Å². The highest BCUT2D eigenvalue weighted by Gasteiger charge is 2.34. The minimum absolute atomic E-state index is 0.262. The van der Waals surface area contributed by atoms with Gasteiger partial charge in [0.25, 0.3) is 0 Å². The molecule has 0 unspecified atom stereocenters. The van der Waals surface area contributed by atoms with Crippen molar-refractivity contribution in [3.05, 3.63) is 0 Å². The summed E-state index contributed by atoms with van der Waals surface area (Å²) in [6.07, 6.45) is 3.45. The normalized spacial score (nSPS) is 26.6. The fraction of sp³-hybridized carbons (Fsp3) is 0.938. The molecule has 1 atom stereocenters. The average molecular weight is 266 g/mol. The summed E-state index contributed by atoms with van der Waals surface area (Å²) in [6, 6.07) is 0.574. The number of amides is 1. The van der Waals surface area contributed by atoms with E-state index in [1.165, 1.54) is 12.8 Å². The van der Waals surface area contributed by atoms with E-state index in [2.05, 4.69) is 37.5 Å². The van der Waals surface area contributed by atoms with E-state index < -0.39 is 0 Å². The van der Waals surface area contributed by atoms with Crippen LogP contribution in [0, 0.1) is 17.8 Å². The van der Waals surface area contributed by atoms with Crippen molar-refractivity contribution in [3.8, 4) is 0 Å². The highest BCUT2D eigenvalue weighted by Crippen LogP contribution is 2.27. The van der Waals surface area contributed by atoms with Crippen LogP contribution >= 0.6 is 0 Å². The largest absolute Gasteiger partial charge is 0.342 e. The number of carbonyl (C=O) groups excluding carboxylic acids is 1. The third kappa shape index (κ3) is 3.50. The third-order valence-electron chi connectivity index (χ3n) is 5.09. The van der Waals surface area contributed by atoms with Gasteiger partial charge < -0.3 is 9.80 Å². The van der Waals surface area contributed by atoms with Crippen molar-refractivity contribution in [1.82, 2.24) is 9.80 Å². The predicted octanol–water partition coefficient (Wildman–Crippen LogP) is 2.61. The van der Waals surface area contributed by atoms with Crippen LogP contribution in [-0.4, -0.2) is 47.9 Å². The molecule has 0 spiro atoms. The van der Waals surface area contributed by atoms with Gasteiger partial charge in [-0.25, -0.2) is 0 Å². The Balaban J connectivity index is 1.82. The zero-order valence-corrected chi connectivity index (χ0v) is 13.1. The van der Waals surface area contributed by atoms with Gasteiger partial charge in [0, 0.05) is 25.7 Å². The SMILES string of the molecule is CC(C)C1CCN(C(=O)[C@@H]2CCN(C(C)C)C2)CC1. The maximum Gasteiger partial charge on any atom is 0.227 e. The Morgan fingerprint density at radius 3 is 2.11 bits per heavy atom. The highest BCUT2D eigenvalue weighted by atomic mass is 16.2. The van der Waals surface area contributed by atoms with Crippen LogP contribution in [0.4, 0.5) is 0 Å². The topological polar surface area (TPSA) is 23.6 Å². The van der Waals surface area contributed by atoms with Crippen LogP contribution < -0.4 is 0 Å². The molecule has 19 heavy (non-hydrogen) atoms. The van der Waals surface area contributed by atoms with Crippen molar-refractivity contribution in [1.29, 1.82) is 0 Å². The number of hydrogen-bond acceptors (Lipinski definition) is 2. The molecule has 2 saturated heterocycles. The number of likely N-dealkylation sites (tertiary alicyclic amines) is 2. The summed E-state index contributed by atoms with van der Waals surface area (Å²) in [5.41, 5.74) is 0. The van der Waals surface area contributed by atoms with Crippen LogP contribution in [0.3, 0.4) is 0 Å². The first kappa shape index (κ1) is 14.8. The Kier molecular flexibility index (Phi) is 4.88. The molecular formula is C16H30N2O. The number of nitrogens with zero attached hydrogens (tertiary/aromatic N) is 2. The van der Waals surface area contributed by atoms with Crippen LogP contribution in [0.25, 0.3) is 0 Å². The van der Waals surface area contributed by atoms with Crippen molar-refractivity contribution in [2.45, 2.75) is 53.0 Å². The molecule has 2 rings (SSSR count). The minimum atomic E-state index is 0.262.